The van der Waals surface area contributed by atoms with E-state index in [-0.39, 0.29) is 6.04 Å². The summed E-state index contributed by atoms with van der Waals surface area (Å²) in [6, 6.07) is 9.97. The van der Waals surface area contributed by atoms with Crippen molar-refractivity contribution in [3.8, 4) is 0 Å². The van der Waals surface area contributed by atoms with Crippen LogP contribution in [0.15, 0.2) is 30.3 Å². The van der Waals surface area contributed by atoms with Gasteiger partial charge in [-0.1, -0.05) is 30.3 Å². The Hall–Kier alpha value is -0.990. The molecule has 0 saturated carbocycles. The summed E-state index contributed by atoms with van der Waals surface area (Å²) in [6.07, 6.45) is 0. The highest BCUT2D eigenvalue weighted by atomic mass is 32.2. The number of likely N-dealkylation sites (tertiary alicyclic amines) is 1. The van der Waals surface area contributed by atoms with Crippen molar-refractivity contribution in [3.63, 3.8) is 0 Å². The normalized spacial score (nSPS) is 27.9. The van der Waals surface area contributed by atoms with E-state index in [1.54, 1.807) is 18.4 Å². The highest BCUT2D eigenvalue weighted by Gasteiger charge is 2.51. The molecular weight excluding hydrogens is 338 g/mol. The standard InChI is InChI=1S/C18H29N3O3S/c1-4-24-11-10-20-12-16-13-21(25(22,23)19(2)3)18(17(16)14-20)15-8-6-5-7-9-15/h5-9,16-18H,4,10-14H2,1-3H3/t16-,17-,18+/m0/s1. The zero-order valence-corrected chi connectivity index (χ0v) is 16.2. The average Bonchev–Trinajstić information content (AvgIpc) is 3.13. The molecule has 2 saturated heterocycles. The van der Waals surface area contributed by atoms with Crippen molar-refractivity contribution >= 4 is 10.2 Å². The van der Waals surface area contributed by atoms with Crippen LogP contribution < -0.4 is 0 Å². The first-order valence-electron chi connectivity index (χ1n) is 8.99. The maximum atomic E-state index is 12.9. The van der Waals surface area contributed by atoms with Crippen LogP contribution in [0.3, 0.4) is 0 Å². The van der Waals surface area contributed by atoms with Crippen LogP contribution in [0, 0.1) is 11.8 Å². The van der Waals surface area contributed by atoms with Crippen molar-refractivity contribution in [2.45, 2.75) is 13.0 Å². The first-order valence-corrected chi connectivity index (χ1v) is 10.4. The van der Waals surface area contributed by atoms with Crippen LogP contribution in [0.2, 0.25) is 0 Å². The van der Waals surface area contributed by atoms with Gasteiger partial charge in [-0.2, -0.15) is 17.0 Å². The predicted octanol–water partition coefficient (Wildman–Crippen LogP) is 1.43. The van der Waals surface area contributed by atoms with Gasteiger partial charge in [-0.3, -0.25) is 0 Å². The van der Waals surface area contributed by atoms with Gasteiger partial charge in [-0.05, 0) is 24.3 Å². The Morgan fingerprint density at radius 3 is 2.52 bits per heavy atom. The quantitative estimate of drug-likeness (QED) is 0.684. The van der Waals surface area contributed by atoms with Gasteiger partial charge < -0.3 is 9.64 Å². The summed E-state index contributed by atoms with van der Waals surface area (Å²) in [5.74, 6) is 0.709. The zero-order chi connectivity index (χ0) is 18.0. The van der Waals surface area contributed by atoms with Crippen LogP contribution in [0.4, 0.5) is 0 Å². The average molecular weight is 368 g/mol. The Morgan fingerprint density at radius 2 is 1.88 bits per heavy atom. The predicted molar refractivity (Wildman–Crippen MR) is 98.4 cm³/mol. The summed E-state index contributed by atoms with van der Waals surface area (Å²) in [5, 5.41) is 0. The molecule has 3 rings (SSSR count). The molecule has 0 amide bonds. The van der Waals surface area contributed by atoms with Gasteiger partial charge in [0.25, 0.3) is 10.2 Å². The number of fused-ring (bicyclic) bond motifs is 1. The fourth-order valence-corrected chi connectivity index (χ4v) is 5.49. The van der Waals surface area contributed by atoms with Crippen molar-refractivity contribution in [3.05, 3.63) is 35.9 Å². The number of ether oxygens (including phenoxy) is 1. The van der Waals surface area contributed by atoms with E-state index in [1.807, 2.05) is 37.3 Å². The fourth-order valence-electron chi connectivity index (χ4n) is 4.13. The summed E-state index contributed by atoms with van der Waals surface area (Å²) in [4.78, 5) is 2.42. The second-order valence-corrected chi connectivity index (χ2v) is 9.19. The Balaban J connectivity index is 1.83. The van der Waals surface area contributed by atoms with E-state index >= 15 is 0 Å². The van der Waals surface area contributed by atoms with Gasteiger partial charge in [-0.15, -0.1) is 0 Å². The van der Waals surface area contributed by atoms with Crippen LogP contribution in [-0.2, 0) is 14.9 Å². The summed E-state index contributed by atoms with van der Waals surface area (Å²) in [7, 11) is -0.209. The lowest BCUT2D eigenvalue weighted by Crippen LogP contribution is -2.42. The van der Waals surface area contributed by atoms with Crippen molar-refractivity contribution in [1.82, 2.24) is 13.5 Å². The zero-order valence-electron chi connectivity index (χ0n) is 15.3. The van der Waals surface area contributed by atoms with Crippen molar-refractivity contribution in [1.29, 1.82) is 0 Å². The van der Waals surface area contributed by atoms with Gasteiger partial charge >= 0.3 is 0 Å². The molecule has 0 spiro atoms. The summed E-state index contributed by atoms with van der Waals surface area (Å²) >= 11 is 0. The van der Waals surface area contributed by atoms with E-state index < -0.39 is 10.2 Å². The van der Waals surface area contributed by atoms with E-state index in [9.17, 15) is 8.42 Å². The van der Waals surface area contributed by atoms with Crippen molar-refractivity contribution < 1.29 is 13.2 Å². The lowest BCUT2D eigenvalue weighted by atomic mass is 9.90. The summed E-state index contributed by atoms with van der Waals surface area (Å²) < 4.78 is 34.2. The Morgan fingerprint density at radius 1 is 1.16 bits per heavy atom. The third kappa shape index (κ3) is 3.75. The number of nitrogens with zero attached hydrogens (tertiary/aromatic N) is 3. The summed E-state index contributed by atoms with van der Waals surface area (Å²) in [5.41, 5.74) is 1.09. The van der Waals surface area contributed by atoms with Crippen molar-refractivity contribution in [2.24, 2.45) is 11.8 Å². The molecule has 0 radical (unpaired) electrons. The number of hydrogen-bond donors (Lipinski definition) is 0. The van der Waals surface area contributed by atoms with Crippen molar-refractivity contribution in [2.75, 3.05) is 53.5 Å². The molecule has 0 bridgehead atoms. The molecule has 1 aromatic carbocycles. The molecule has 0 aliphatic carbocycles. The number of benzene rings is 1. The molecule has 2 fully saturated rings. The smallest absolute Gasteiger partial charge is 0.282 e. The minimum absolute atomic E-state index is 0.0873. The van der Waals surface area contributed by atoms with Gasteiger partial charge in [0.2, 0.25) is 0 Å². The second-order valence-electron chi connectivity index (χ2n) is 7.10. The maximum Gasteiger partial charge on any atom is 0.282 e. The van der Waals surface area contributed by atoms with Gasteiger partial charge in [0.1, 0.15) is 0 Å². The molecule has 2 aliphatic heterocycles. The third-order valence-corrected chi connectivity index (χ3v) is 7.24. The lowest BCUT2D eigenvalue weighted by molar-refractivity contribution is 0.117. The van der Waals surface area contributed by atoms with Crippen LogP contribution in [0.25, 0.3) is 0 Å². The topological polar surface area (TPSA) is 53.1 Å². The van der Waals surface area contributed by atoms with Gasteiger partial charge in [-0.25, -0.2) is 0 Å². The summed E-state index contributed by atoms with van der Waals surface area (Å²) in [6.45, 7) is 6.87. The maximum absolute atomic E-state index is 12.9. The van der Waals surface area contributed by atoms with E-state index in [1.165, 1.54) is 4.31 Å². The van der Waals surface area contributed by atoms with Crippen LogP contribution >= 0.6 is 0 Å². The molecule has 0 unspecified atom stereocenters. The van der Waals surface area contributed by atoms with E-state index in [0.717, 1.165) is 38.4 Å². The Labute approximate surface area is 151 Å². The molecule has 2 heterocycles. The monoisotopic (exact) mass is 367 g/mol. The first-order chi connectivity index (χ1) is 11.9. The minimum Gasteiger partial charge on any atom is -0.380 e. The molecular formula is C18H29N3O3S. The Kier molecular flexibility index (Phi) is 5.80. The van der Waals surface area contributed by atoms with E-state index in [4.69, 9.17) is 4.74 Å². The third-order valence-electron chi connectivity index (χ3n) is 5.35. The van der Waals surface area contributed by atoms with Gasteiger partial charge in [0, 0.05) is 46.9 Å². The second kappa shape index (κ2) is 7.72. The fraction of sp³-hybridized carbons (Fsp3) is 0.667. The lowest BCUT2D eigenvalue weighted by Gasteiger charge is -2.31. The molecule has 0 N–H and O–H groups in total. The minimum atomic E-state index is -3.43. The SMILES string of the molecule is CCOCCN1C[C@H]2CN(S(=O)(=O)N(C)C)[C@H](c3ccccc3)[C@H]2C1. The molecule has 2 aliphatic rings. The molecule has 0 aromatic heterocycles. The number of hydrogen-bond acceptors (Lipinski definition) is 4. The Bertz CT molecular complexity index is 665. The van der Waals surface area contributed by atoms with Gasteiger partial charge in [0.15, 0.2) is 0 Å². The molecule has 6 nitrogen and oxygen atoms in total. The highest BCUT2D eigenvalue weighted by Crippen LogP contribution is 2.46. The van der Waals surface area contributed by atoms with Crippen LogP contribution in [0.5, 0.6) is 0 Å². The van der Waals surface area contributed by atoms with Gasteiger partial charge in [0.05, 0.1) is 12.6 Å². The van der Waals surface area contributed by atoms with E-state index in [0.29, 0.717) is 18.4 Å². The largest absolute Gasteiger partial charge is 0.380 e. The molecule has 3 atom stereocenters. The van der Waals surface area contributed by atoms with Crippen LogP contribution in [0.1, 0.15) is 18.5 Å². The number of rotatable bonds is 7. The van der Waals surface area contributed by atoms with Crippen LogP contribution in [-0.4, -0.2) is 75.4 Å². The van der Waals surface area contributed by atoms with E-state index in [2.05, 4.69) is 4.90 Å². The molecule has 140 valence electrons. The molecule has 7 heteroatoms. The molecule has 1 aromatic rings. The molecule has 25 heavy (non-hydrogen) atoms. The first kappa shape index (κ1) is 18.8. The highest BCUT2D eigenvalue weighted by molar-refractivity contribution is 7.86.